The average Bonchev–Trinajstić information content (AvgIpc) is 2.61. The van der Waals surface area contributed by atoms with Crippen molar-refractivity contribution < 1.29 is 19.0 Å². The summed E-state index contributed by atoms with van der Waals surface area (Å²) in [5.74, 6) is -0.173. The molecule has 0 spiro atoms. The molecule has 2 aliphatic rings. The van der Waals surface area contributed by atoms with Gasteiger partial charge < -0.3 is 14.2 Å². The van der Waals surface area contributed by atoms with Gasteiger partial charge in [-0.15, -0.1) is 0 Å². The first-order chi connectivity index (χ1) is 6.81. The smallest absolute Gasteiger partial charge is 0.309 e. The zero-order valence-electron chi connectivity index (χ0n) is 8.27. The molecule has 2 saturated heterocycles. The Labute approximate surface area is 82.9 Å². The van der Waals surface area contributed by atoms with Gasteiger partial charge in [0, 0.05) is 20.2 Å². The Bertz CT molecular complexity index is 215. The van der Waals surface area contributed by atoms with E-state index in [-0.39, 0.29) is 12.0 Å². The first-order valence-electron chi connectivity index (χ1n) is 4.85. The fourth-order valence-corrected chi connectivity index (χ4v) is 1.94. The Morgan fingerprint density at radius 2 is 2.14 bits per heavy atom. The highest BCUT2D eigenvalue weighted by Crippen LogP contribution is 2.22. The number of hydrogen-bond donors (Lipinski definition) is 0. The zero-order valence-corrected chi connectivity index (χ0v) is 8.27. The van der Waals surface area contributed by atoms with Gasteiger partial charge in [0.05, 0.1) is 25.7 Å². The van der Waals surface area contributed by atoms with Gasteiger partial charge in [-0.05, 0) is 0 Å². The predicted octanol–water partition coefficient (Wildman–Crippen LogP) is -0.393. The second-order valence-electron chi connectivity index (χ2n) is 3.51. The molecule has 2 rings (SSSR count). The SMILES string of the molecule is CO[C@@H]1OC(=O)C[C@H]1N1CCOCC1. The van der Waals surface area contributed by atoms with E-state index in [1.807, 2.05) is 0 Å². The van der Waals surface area contributed by atoms with Crippen molar-refractivity contribution in [2.24, 2.45) is 0 Å². The number of carbonyl (C=O) groups is 1. The summed E-state index contributed by atoms with van der Waals surface area (Å²) in [5.41, 5.74) is 0. The maximum Gasteiger partial charge on any atom is 0.309 e. The Kier molecular flexibility index (Phi) is 3.00. The van der Waals surface area contributed by atoms with Crippen LogP contribution < -0.4 is 0 Å². The van der Waals surface area contributed by atoms with E-state index in [0.29, 0.717) is 6.42 Å². The standard InChI is InChI=1S/C9H15NO4/c1-12-9-7(6-8(11)14-9)10-2-4-13-5-3-10/h7,9H,2-6H2,1H3/t7-,9-/m1/s1. The summed E-state index contributed by atoms with van der Waals surface area (Å²) < 4.78 is 15.4. The predicted molar refractivity (Wildman–Crippen MR) is 47.7 cm³/mol. The van der Waals surface area contributed by atoms with Gasteiger partial charge in [-0.2, -0.15) is 0 Å². The highest BCUT2D eigenvalue weighted by molar-refractivity contribution is 5.72. The number of hydrogen-bond acceptors (Lipinski definition) is 5. The van der Waals surface area contributed by atoms with Crippen LogP contribution in [0.4, 0.5) is 0 Å². The van der Waals surface area contributed by atoms with Crippen molar-refractivity contribution in [3.05, 3.63) is 0 Å². The molecule has 0 amide bonds. The van der Waals surface area contributed by atoms with E-state index in [1.165, 1.54) is 0 Å². The number of cyclic esters (lactones) is 1. The van der Waals surface area contributed by atoms with Gasteiger partial charge in [0.25, 0.3) is 0 Å². The van der Waals surface area contributed by atoms with Crippen molar-refractivity contribution in [2.75, 3.05) is 33.4 Å². The summed E-state index contributed by atoms with van der Waals surface area (Å²) in [6.45, 7) is 3.14. The Morgan fingerprint density at radius 3 is 2.79 bits per heavy atom. The normalized spacial score (nSPS) is 34.5. The molecule has 0 aliphatic carbocycles. The van der Waals surface area contributed by atoms with E-state index in [2.05, 4.69) is 4.90 Å². The van der Waals surface area contributed by atoms with E-state index in [4.69, 9.17) is 14.2 Å². The van der Waals surface area contributed by atoms with Gasteiger partial charge in [-0.25, -0.2) is 0 Å². The van der Waals surface area contributed by atoms with Crippen LogP contribution in [0.5, 0.6) is 0 Å². The summed E-state index contributed by atoms with van der Waals surface area (Å²) in [4.78, 5) is 13.3. The van der Waals surface area contributed by atoms with Crippen molar-refractivity contribution in [1.82, 2.24) is 4.90 Å². The van der Waals surface area contributed by atoms with Crippen LogP contribution in [0.15, 0.2) is 0 Å². The lowest BCUT2D eigenvalue weighted by Gasteiger charge is -2.32. The van der Waals surface area contributed by atoms with Crippen LogP contribution in [-0.2, 0) is 19.0 Å². The van der Waals surface area contributed by atoms with Gasteiger partial charge in [0.2, 0.25) is 6.29 Å². The topological polar surface area (TPSA) is 48.0 Å². The molecule has 0 radical (unpaired) electrons. The second-order valence-corrected chi connectivity index (χ2v) is 3.51. The summed E-state index contributed by atoms with van der Waals surface area (Å²) in [6.07, 6.45) is 0.0269. The van der Waals surface area contributed by atoms with Gasteiger partial charge in [-0.1, -0.05) is 0 Å². The number of nitrogens with zero attached hydrogens (tertiary/aromatic N) is 1. The van der Waals surface area contributed by atoms with E-state index < -0.39 is 6.29 Å². The summed E-state index contributed by atoms with van der Waals surface area (Å²) in [7, 11) is 1.57. The molecule has 2 heterocycles. The molecule has 2 atom stereocenters. The van der Waals surface area contributed by atoms with Crippen molar-refractivity contribution in [2.45, 2.75) is 18.8 Å². The number of rotatable bonds is 2. The Morgan fingerprint density at radius 1 is 1.43 bits per heavy atom. The van der Waals surface area contributed by atoms with Gasteiger partial charge in [0.15, 0.2) is 0 Å². The molecular formula is C9H15NO4. The van der Waals surface area contributed by atoms with E-state index in [1.54, 1.807) is 7.11 Å². The molecule has 2 fully saturated rings. The average molecular weight is 201 g/mol. The monoisotopic (exact) mass is 201 g/mol. The fourth-order valence-electron chi connectivity index (χ4n) is 1.94. The van der Waals surface area contributed by atoms with Crippen LogP contribution in [0.25, 0.3) is 0 Å². The Hall–Kier alpha value is -0.650. The maximum absolute atomic E-state index is 11.1. The van der Waals surface area contributed by atoms with Crippen molar-refractivity contribution in [1.29, 1.82) is 0 Å². The third kappa shape index (κ3) is 1.89. The van der Waals surface area contributed by atoms with Crippen LogP contribution in [0.2, 0.25) is 0 Å². The van der Waals surface area contributed by atoms with Crippen LogP contribution in [0.1, 0.15) is 6.42 Å². The number of ether oxygens (including phenoxy) is 3. The molecule has 14 heavy (non-hydrogen) atoms. The van der Waals surface area contributed by atoms with Crippen molar-refractivity contribution >= 4 is 5.97 Å². The largest absolute Gasteiger partial charge is 0.434 e. The van der Waals surface area contributed by atoms with Gasteiger partial charge >= 0.3 is 5.97 Å². The van der Waals surface area contributed by atoms with Gasteiger partial charge in [0.1, 0.15) is 0 Å². The lowest BCUT2D eigenvalue weighted by Crippen LogP contribution is -2.47. The minimum Gasteiger partial charge on any atom is -0.434 e. The molecule has 0 N–H and O–H groups in total. The highest BCUT2D eigenvalue weighted by Gasteiger charge is 2.39. The van der Waals surface area contributed by atoms with E-state index >= 15 is 0 Å². The molecule has 0 unspecified atom stereocenters. The van der Waals surface area contributed by atoms with Gasteiger partial charge in [-0.3, -0.25) is 9.69 Å². The minimum atomic E-state index is -0.402. The first kappa shape index (κ1) is 9.89. The summed E-state index contributed by atoms with van der Waals surface area (Å²) in [5, 5.41) is 0. The maximum atomic E-state index is 11.1. The molecule has 5 heteroatoms. The van der Waals surface area contributed by atoms with Crippen molar-refractivity contribution in [3.8, 4) is 0 Å². The van der Waals surface area contributed by atoms with E-state index in [9.17, 15) is 4.79 Å². The third-order valence-corrected chi connectivity index (χ3v) is 2.68. The highest BCUT2D eigenvalue weighted by atomic mass is 16.7. The second kappa shape index (κ2) is 4.25. The lowest BCUT2D eigenvalue weighted by molar-refractivity contribution is -0.164. The molecule has 2 aliphatic heterocycles. The lowest BCUT2D eigenvalue weighted by atomic mass is 10.2. The first-order valence-corrected chi connectivity index (χ1v) is 4.85. The number of methoxy groups -OCH3 is 1. The zero-order chi connectivity index (χ0) is 9.97. The molecule has 80 valence electrons. The van der Waals surface area contributed by atoms with Crippen LogP contribution in [0, 0.1) is 0 Å². The molecular weight excluding hydrogens is 186 g/mol. The summed E-state index contributed by atoms with van der Waals surface area (Å²) in [6, 6.07) is 0.0661. The third-order valence-electron chi connectivity index (χ3n) is 2.68. The molecule has 5 nitrogen and oxygen atoms in total. The van der Waals surface area contributed by atoms with Crippen LogP contribution >= 0.6 is 0 Å². The fraction of sp³-hybridized carbons (Fsp3) is 0.889. The van der Waals surface area contributed by atoms with Crippen LogP contribution in [-0.4, -0.2) is 56.6 Å². The number of morpholine rings is 1. The Balaban J connectivity index is 1.97. The minimum absolute atomic E-state index is 0.0661. The molecule has 0 aromatic carbocycles. The van der Waals surface area contributed by atoms with E-state index in [0.717, 1.165) is 26.3 Å². The molecule has 0 aromatic rings. The summed E-state index contributed by atoms with van der Waals surface area (Å²) >= 11 is 0. The quantitative estimate of drug-likeness (QED) is 0.569. The molecule has 0 aromatic heterocycles. The number of esters is 1. The molecule has 0 bridgehead atoms. The number of carbonyl (C=O) groups excluding carboxylic acids is 1. The van der Waals surface area contributed by atoms with Crippen molar-refractivity contribution in [3.63, 3.8) is 0 Å². The van der Waals surface area contributed by atoms with Crippen LogP contribution in [0.3, 0.4) is 0 Å². The molecule has 0 saturated carbocycles.